The van der Waals surface area contributed by atoms with E-state index in [9.17, 15) is 4.79 Å². The fourth-order valence-corrected chi connectivity index (χ4v) is 3.10. The molecule has 0 aliphatic carbocycles. The fraction of sp³-hybridized carbons (Fsp3) is 0.500. The van der Waals surface area contributed by atoms with Crippen LogP contribution in [0.1, 0.15) is 37.7 Å². The first kappa shape index (κ1) is 16.5. The molecule has 0 saturated carbocycles. The molecule has 3 rings (SSSR count). The third-order valence-electron chi connectivity index (χ3n) is 4.36. The zero-order valence-electron chi connectivity index (χ0n) is 14.0. The lowest BCUT2D eigenvalue weighted by molar-refractivity contribution is -0.122. The Labute approximate surface area is 142 Å². The van der Waals surface area contributed by atoms with Crippen LogP contribution >= 0.6 is 0 Å². The third-order valence-corrected chi connectivity index (χ3v) is 4.36. The molecule has 0 unspecified atom stereocenters. The van der Waals surface area contributed by atoms with Crippen LogP contribution in [0, 0.1) is 0 Å². The molecule has 0 aromatic carbocycles. The van der Waals surface area contributed by atoms with Gasteiger partial charge in [-0.3, -0.25) is 9.48 Å². The Bertz CT molecular complexity index is 633. The normalized spacial score (nSPS) is 15.6. The second-order valence-electron chi connectivity index (χ2n) is 6.22. The van der Waals surface area contributed by atoms with Crippen LogP contribution in [-0.4, -0.2) is 33.8 Å². The van der Waals surface area contributed by atoms with Gasteiger partial charge in [0.2, 0.25) is 5.91 Å². The minimum absolute atomic E-state index is 0.0406. The van der Waals surface area contributed by atoms with Gasteiger partial charge in [0, 0.05) is 43.8 Å². The molecule has 6 heteroatoms. The van der Waals surface area contributed by atoms with Gasteiger partial charge in [-0.15, -0.1) is 0 Å². The highest BCUT2D eigenvalue weighted by molar-refractivity contribution is 5.75. The summed E-state index contributed by atoms with van der Waals surface area (Å²) in [6, 6.07) is 5.80. The molecule has 0 spiro atoms. The zero-order chi connectivity index (χ0) is 16.6. The Hall–Kier alpha value is -2.37. The van der Waals surface area contributed by atoms with Gasteiger partial charge in [-0.25, -0.2) is 4.98 Å². The van der Waals surface area contributed by atoms with Crippen LogP contribution in [0.25, 0.3) is 0 Å². The van der Waals surface area contributed by atoms with E-state index in [0.717, 1.165) is 24.5 Å². The van der Waals surface area contributed by atoms with Gasteiger partial charge in [0.05, 0.1) is 0 Å². The number of hydrogen-bond acceptors (Lipinski definition) is 4. The molecule has 0 atom stereocenters. The maximum Gasteiger partial charge on any atom is 0.241 e. The number of anilines is 1. The van der Waals surface area contributed by atoms with E-state index in [2.05, 4.69) is 26.4 Å². The summed E-state index contributed by atoms with van der Waals surface area (Å²) in [7, 11) is 0. The molecule has 1 aliphatic rings. The molecule has 1 amide bonds. The summed E-state index contributed by atoms with van der Waals surface area (Å²) >= 11 is 0. The molecule has 3 heterocycles. The van der Waals surface area contributed by atoms with E-state index in [-0.39, 0.29) is 12.5 Å². The number of nitrogens with zero attached hydrogens (tertiary/aromatic N) is 4. The average molecular weight is 327 g/mol. The van der Waals surface area contributed by atoms with Gasteiger partial charge < -0.3 is 10.2 Å². The molecular formula is C18H25N5O. The standard InChI is InChI=1S/C18H25N5O/c24-17(15-23-13-7-10-21-23)20-14-16-8-6-9-19-18(16)22-11-4-2-1-3-5-12-22/h6-10,13H,1-5,11-12,14-15H2,(H,20,24). The van der Waals surface area contributed by atoms with Crippen LogP contribution in [-0.2, 0) is 17.9 Å². The molecule has 0 bridgehead atoms. The van der Waals surface area contributed by atoms with E-state index in [1.54, 1.807) is 17.1 Å². The van der Waals surface area contributed by atoms with Crippen LogP contribution in [0.2, 0.25) is 0 Å². The molecule has 6 nitrogen and oxygen atoms in total. The smallest absolute Gasteiger partial charge is 0.241 e. The van der Waals surface area contributed by atoms with Crippen molar-refractivity contribution in [1.82, 2.24) is 20.1 Å². The number of rotatable bonds is 5. The van der Waals surface area contributed by atoms with Crippen LogP contribution < -0.4 is 10.2 Å². The van der Waals surface area contributed by atoms with Gasteiger partial charge in [0.25, 0.3) is 0 Å². The maximum atomic E-state index is 12.1. The molecular weight excluding hydrogens is 302 g/mol. The van der Waals surface area contributed by atoms with Crippen molar-refractivity contribution in [3.8, 4) is 0 Å². The van der Waals surface area contributed by atoms with Crippen LogP contribution in [0.15, 0.2) is 36.8 Å². The van der Waals surface area contributed by atoms with Crippen molar-refractivity contribution in [1.29, 1.82) is 0 Å². The van der Waals surface area contributed by atoms with Gasteiger partial charge in [-0.05, 0) is 25.0 Å². The first-order chi connectivity index (χ1) is 11.8. The predicted octanol–water partition coefficient (Wildman–Crippen LogP) is 2.37. The SMILES string of the molecule is O=C(Cn1cccn1)NCc1cccnc1N1CCCCCCC1. The number of pyridine rings is 1. The summed E-state index contributed by atoms with van der Waals surface area (Å²) in [6.45, 7) is 2.84. The Kier molecular flexibility index (Phi) is 5.82. The number of aromatic nitrogens is 3. The van der Waals surface area contributed by atoms with Crippen molar-refractivity contribution in [3.05, 3.63) is 42.4 Å². The molecule has 1 N–H and O–H groups in total. The molecule has 1 aliphatic heterocycles. The fourth-order valence-electron chi connectivity index (χ4n) is 3.10. The Morgan fingerprint density at radius 3 is 2.62 bits per heavy atom. The highest BCUT2D eigenvalue weighted by Gasteiger charge is 2.14. The summed E-state index contributed by atoms with van der Waals surface area (Å²) in [6.07, 6.45) is 11.6. The average Bonchev–Trinajstić information content (AvgIpc) is 3.06. The molecule has 2 aromatic rings. The quantitative estimate of drug-likeness (QED) is 0.916. The predicted molar refractivity (Wildman–Crippen MR) is 93.6 cm³/mol. The Morgan fingerprint density at radius 2 is 1.88 bits per heavy atom. The molecule has 24 heavy (non-hydrogen) atoms. The Balaban J connectivity index is 1.61. The van der Waals surface area contributed by atoms with E-state index in [1.807, 2.05) is 18.3 Å². The highest BCUT2D eigenvalue weighted by atomic mass is 16.2. The minimum Gasteiger partial charge on any atom is -0.356 e. The molecule has 1 fully saturated rings. The van der Waals surface area contributed by atoms with Gasteiger partial charge >= 0.3 is 0 Å². The van der Waals surface area contributed by atoms with Gasteiger partial charge in [-0.2, -0.15) is 5.10 Å². The molecule has 128 valence electrons. The number of hydrogen-bond donors (Lipinski definition) is 1. The summed E-state index contributed by atoms with van der Waals surface area (Å²) in [5, 5.41) is 7.04. The molecule has 1 saturated heterocycles. The number of carbonyl (C=O) groups is 1. The van der Waals surface area contributed by atoms with E-state index in [4.69, 9.17) is 0 Å². The molecule has 0 radical (unpaired) electrons. The van der Waals surface area contributed by atoms with Crippen molar-refractivity contribution in [2.45, 2.75) is 45.2 Å². The summed E-state index contributed by atoms with van der Waals surface area (Å²) in [5.74, 6) is 0.972. The zero-order valence-corrected chi connectivity index (χ0v) is 14.0. The van der Waals surface area contributed by atoms with E-state index >= 15 is 0 Å². The summed E-state index contributed by atoms with van der Waals surface area (Å²) in [4.78, 5) is 19.0. The Morgan fingerprint density at radius 1 is 1.08 bits per heavy atom. The van der Waals surface area contributed by atoms with Crippen molar-refractivity contribution in [3.63, 3.8) is 0 Å². The number of carbonyl (C=O) groups excluding carboxylic acids is 1. The second kappa shape index (κ2) is 8.47. The lowest BCUT2D eigenvalue weighted by atomic mass is 10.1. The van der Waals surface area contributed by atoms with E-state index < -0.39 is 0 Å². The number of amides is 1. The summed E-state index contributed by atoms with van der Waals surface area (Å²) in [5.41, 5.74) is 1.08. The molecule has 2 aromatic heterocycles. The first-order valence-electron chi connectivity index (χ1n) is 8.76. The van der Waals surface area contributed by atoms with E-state index in [0.29, 0.717) is 6.54 Å². The minimum atomic E-state index is -0.0406. The highest BCUT2D eigenvalue weighted by Crippen LogP contribution is 2.21. The topological polar surface area (TPSA) is 63.1 Å². The maximum absolute atomic E-state index is 12.1. The van der Waals surface area contributed by atoms with Gasteiger partial charge in [0.1, 0.15) is 12.4 Å². The van der Waals surface area contributed by atoms with Crippen molar-refractivity contribution in [2.75, 3.05) is 18.0 Å². The van der Waals surface area contributed by atoms with Crippen LogP contribution in [0.4, 0.5) is 5.82 Å². The summed E-state index contributed by atoms with van der Waals surface area (Å²) < 4.78 is 1.62. The van der Waals surface area contributed by atoms with E-state index in [1.165, 1.54) is 32.1 Å². The van der Waals surface area contributed by atoms with Crippen LogP contribution in [0.5, 0.6) is 0 Å². The monoisotopic (exact) mass is 327 g/mol. The van der Waals surface area contributed by atoms with Crippen LogP contribution in [0.3, 0.4) is 0 Å². The van der Waals surface area contributed by atoms with Gasteiger partial charge in [-0.1, -0.05) is 25.3 Å². The largest absolute Gasteiger partial charge is 0.356 e. The first-order valence-corrected chi connectivity index (χ1v) is 8.76. The van der Waals surface area contributed by atoms with Crippen molar-refractivity contribution >= 4 is 11.7 Å². The third kappa shape index (κ3) is 4.57. The van der Waals surface area contributed by atoms with Gasteiger partial charge in [0.15, 0.2) is 0 Å². The second-order valence-corrected chi connectivity index (χ2v) is 6.22. The lowest BCUT2D eigenvalue weighted by Gasteiger charge is -2.27. The number of nitrogens with one attached hydrogen (secondary N) is 1. The van der Waals surface area contributed by atoms with Crippen molar-refractivity contribution in [2.24, 2.45) is 0 Å². The lowest BCUT2D eigenvalue weighted by Crippen LogP contribution is -2.31. The van der Waals surface area contributed by atoms with Crippen molar-refractivity contribution < 1.29 is 4.79 Å².